The molecule has 1 atom stereocenters. The van der Waals surface area contributed by atoms with Crippen LogP contribution >= 0.6 is 0 Å². The summed E-state index contributed by atoms with van der Waals surface area (Å²) in [6.45, 7) is 3.28. The molecule has 1 saturated heterocycles. The summed E-state index contributed by atoms with van der Waals surface area (Å²) < 4.78 is 0. The average Bonchev–Trinajstić information content (AvgIpc) is 2.48. The zero-order valence-electron chi connectivity index (χ0n) is 12.0. The second kappa shape index (κ2) is 6.53. The molecule has 1 aliphatic rings. The molecule has 0 aliphatic carbocycles. The van der Waals surface area contributed by atoms with Crippen molar-refractivity contribution in [1.29, 1.82) is 0 Å². The number of benzene rings is 1. The highest BCUT2D eigenvalue weighted by atomic mass is 16.6. The Hall–Kier alpha value is -2.15. The molecule has 0 aromatic heterocycles. The van der Waals surface area contributed by atoms with Gasteiger partial charge in [-0.3, -0.25) is 10.1 Å². The Labute approximate surface area is 123 Å². The van der Waals surface area contributed by atoms with Crippen molar-refractivity contribution in [2.24, 2.45) is 5.73 Å². The van der Waals surface area contributed by atoms with Gasteiger partial charge in [-0.2, -0.15) is 0 Å². The van der Waals surface area contributed by atoms with E-state index >= 15 is 0 Å². The maximum Gasteiger partial charge on any atom is 0.314 e. The molecule has 2 rings (SSSR count). The van der Waals surface area contributed by atoms with E-state index in [1.165, 1.54) is 6.07 Å². The van der Waals surface area contributed by atoms with E-state index in [1.807, 2.05) is 13.0 Å². The number of nitro groups is 1. The van der Waals surface area contributed by atoms with Gasteiger partial charge >= 0.3 is 6.03 Å². The molecule has 0 spiro atoms. The fourth-order valence-corrected chi connectivity index (χ4v) is 2.62. The van der Waals surface area contributed by atoms with Crippen LogP contribution < -0.4 is 11.1 Å². The number of nitrogens with one attached hydrogen (secondary N) is 1. The number of urea groups is 1. The second-order valence-electron chi connectivity index (χ2n) is 5.34. The molecule has 1 aromatic rings. The number of nitrogens with zero attached hydrogens (tertiary/aromatic N) is 2. The van der Waals surface area contributed by atoms with E-state index in [0.29, 0.717) is 13.1 Å². The molecule has 3 N–H and O–H groups in total. The predicted octanol–water partition coefficient (Wildman–Crippen LogP) is 1.79. The van der Waals surface area contributed by atoms with E-state index in [9.17, 15) is 14.9 Å². The van der Waals surface area contributed by atoms with Crippen LogP contribution in [0.25, 0.3) is 0 Å². The van der Waals surface area contributed by atoms with Crippen molar-refractivity contribution >= 4 is 11.7 Å². The molecule has 7 nitrogen and oxygen atoms in total. The zero-order valence-corrected chi connectivity index (χ0v) is 12.0. The zero-order chi connectivity index (χ0) is 15.4. The number of nitrogens with two attached hydrogens (primary N) is 1. The third-order valence-electron chi connectivity index (χ3n) is 3.87. The number of carbonyl (C=O) groups excluding carboxylic acids is 1. The van der Waals surface area contributed by atoms with E-state index in [4.69, 9.17) is 5.73 Å². The summed E-state index contributed by atoms with van der Waals surface area (Å²) in [4.78, 5) is 23.1. The lowest BCUT2D eigenvalue weighted by molar-refractivity contribution is -0.384. The largest absolute Gasteiger partial charge is 0.351 e. The Bertz CT molecular complexity index is 527. The van der Waals surface area contributed by atoms with Crippen LogP contribution in [0.5, 0.6) is 0 Å². The number of primary amides is 1. The number of rotatable bonds is 4. The lowest BCUT2D eigenvalue weighted by atomic mass is 10.0. The lowest BCUT2D eigenvalue weighted by Crippen LogP contribution is -2.47. The SMILES string of the molecule is CC(NC1CCN(C(N)=O)CC1)c1cccc([N+](=O)[O-])c1. The van der Waals surface area contributed by atoms with Crippen molar-refractivity contribution in [2.45, 2.75) is 31.8 Å². The highest BCUT2D eigenvalue weighted by molar-refractivity contribution is 5.72. The molecular formula is C14H20N4O3. The summed E-state index contributed by atoms with van der Waals surface area (Å²) in [5, 5.41) is 14.3. The van der Waals surface area contributed by atoms with Gasteiger partial charge in [0.05, 0.1) is 4.92 Å². The summed E-state index contributed by atoms with van der Waals surface area (Å²) in [5.74, 6) is 0. The number of hydrogen-bond acceptors (Lipinski definition) is 4. The normalized spacial score (nSPS) is 17.5. The quantitative estimate of drug-likeness (QED) is 0.652. The fraction of sp³-hybridized carbons (Fsp3) is 0.500. The summed E-state index contributed by atoms with van der Waals surface area (Å²) in [6, 6.07) is 6.59. The third-order valence-corrected chi connectivity index (χ3v) is 3.87. The topological polar surface area (TPSA) is 102 Å². The molecule has 1 heterocycles. The van der Waals surface area contributed by atoms with E-state index in [0.717, 1.165) is 18.4 Å². The van der Waals surface area contributed by atoms with Crippen LogP contribution in [0.4, 0.5) is 10.5 Å². The lowest BCUT2D eigenvalue weighted by Gasteiger charge is -2.33. The van der Waals surface area contributed by atoms with Gasteiger partial charge in [-0.15, -0.1) is 0 Å². The fourth-order valence-electron chi connectivity index (χ4n) is 2.62. The number of non-ortho nitro benzene ring substituents is 1. The van der Waals surface area contributed by atoms with Crippen LogP contribution in [0, 0.1) is 10.1 Å². The Balaban J connectivity index is 1.93. The van der Waals surface area contributed by atoms with Gasteiger partial charge in [-0.25, -0.2) is 4.79 Å². The van der Waals surface area contributed by atoms with E-state index < -0.39 is 0 Å². The average molecular weight is 292 g/mol. The first-order valence-electron chi connectivity index (χ1n) is 7.02. The molecule has 114 valence electrons. The van der Waals surface area contributed by atoms with Crippen LogP contribution in [0.2, 0.25) is 0 Å². The van der Waals surface area contributed by atoms with Crippen molar-refractivity contribution in [3.63, 3.8) is 0 Å². The highest BCUT2D eigenvalue weighted by Gasteiger charge is 2.22. The van der Waals surface area contributed by atoms with Gasteiger partial charge in [0, 0.05) is 37.3 Å². The predicted molar refractivity (Wildman–Crippen MR) is 78.8 cm³/mol. The number of nitro benzene ring substituents is 1. The number of amides is 2. The monoisotopic (exact) mass is 292 g/mol. The van der Waals surface area contributed by atoms with Crippen molar-refractivity contribution in [3.8, 4) is 0 Å². The molecule has 1 fully saturated rings. The first-order chi connectivity index (χ1) is 9.97. The maximum atomic E-state index is 11.1. The standard InChI is InChI=1S/C14H20N4O3/c1-10(11-3-2-4-13(9-11)18(20)21)16-12-5-7-17(8-6-12)14(15)19/h2-4,9-10,12,16H,5-8H2,1H3,(H2,15,19). The van der Waals surface area contributed by atoms with E-state index in [2.05, 4.69) is 5.32 Å². The Morgan fingerprint density at radius 1 is 1.48 bits per heavy atom. The Kier molecular flexibility index (Phi) is 4.74. The molecule has 7 heteroatoms. The Morgan fingerprint density at radius 2 is 2.14 bits per heavy atom. The second-order valence-corrected chi connectivity index (χ2v) is 5.34. The van der Waals surface area contributed by atoms with Crippen LogP contribution in [0.1, 0.15) is 31.4 Å². The minimum atomic E-state index is -0.387. The number of piperidine rings is 1. The number of likely N-dealkylation sites (tertiary alicyclic amines) is 1. The molecule has 2 amide bonds. The molecule has 21 heavy (non-hydrogen) atoms. The summed E-state index contributed by atoms with van der Waals surface area (Å²) in [6.07, 6.45) is 1.67. The maximum absolute atomic E-state index is 11.1. The highest BCUT2D eigenvalue weighted by Crippen LogP contribution is 2.21. The van der Waals surface area contributed by atoms with Crippen LogP contribution in [-0.2, 0) is 0 Å². The van der Waals surface area contributed by atoms with Gasteiger partial charge in [-0.1, -0.05) is 12.1 Å². The summed E-state index contributed by atoms with van der Waals surface area (Å²) in [5.41, 5.74) is 6.24. The van der Waals surface area contributed by atoms with Crippen LogP contribution in [-0.4, -0.2) is 35.0 Å². The summed E-state index contributed by atoms with van der Waals surface area (Å²) >= 11 is 0. The van der Waals surface area contributed by atoms with Crippen LogP contribution in [0.3, 0.4) is 0 Å². The molecule has 1 aromatic carbocycles. The smallest absolute Gasteiger partial charge is 0.314 e. The van der Waals surface area contributed by atoms with Crippen molar-refractivity contribution in [3.05, 3.63) is 39.9 Å². The van der Waals surface area contributed by atoms with Gasteiger partial charge in [-0.05, 0) is 25.3 Å². The number of hydrogen-bond donors (Lipinski definition) is 2. The molecular weight excluding hydrogens is 272 g/mol. The van der Waals surface area contributed by atoms with Gasteiger partial charge in [0.1, 0.15) is 0 Å². The first-order valence-corrected chi connectivity index (χ1v) is 7.02. The van der Waals surface area contributed by atoms with Gasteiger partial charge in [0.15, 0.2) is 0 Å². The van der Waals surface area contributed by atoms with Gasteiger partial charge < -0.3 is 16.0 Å². The van der Waals surface area contributed by atoms with Crippen molar-refractivity contribution in [1.82, 2.24) is 10.2 Å². The van der Waals surface area contributed by atoms with Crippen LogP contribution in [0.15, 0.2) is 24.3 Å². The molecule has 1 unspecified atom stereocenters. The molecule has 0 saturated carbocycles. The van der Waals surface area contributed by atoms with E-state index in [1.54, 1.807) is 17.0 Å². The Morgan fingerprint density at radius 3 is 2.71 bits per heavy atom. The minimum Gasteiger partial charge on any atom is -0.351 e. The van der Waals surface area contributed by atoms with Gasteiger partial charge in [0.25, 0.3) is 5.69 Å². The molecule has 0 bridgehead atoms. The number of carbonyl (C=O) groups is 1. The van der Waals surface area contributed by atoms with E-state index in [-0.39, 0.29) is 28.7 Å². The van der Waals surface area contributed by atoms with Gasteiger partial charge in [0.2, 0.25) is 0 Å². The molecule has 1 aliphatic heterocycles. The third kappa shape index (κ3) is 3.91. The summed E-state index contributed by atoms with van der Waals surface area (Å²) in [7, 11) is 0. The molecule has 0 radical (unpaired) electrons. The first kappa shape index (κ1) is 15.2. The van der Waals surface area contributed by atoms with Crippen molar-refractivity contribution in [2.75, 3.05) is 13.1 Å². The minimum absolute atomic E-state index is 0.0232. The van der Waals surface area contributed by atoms with Crippen molar-refractivity contribution < 1.29 is 9.72 Å².